The number of anilines is 1. The van der Waals surface area contributed by atoms with Gasteiger partial charge in [0, 0.05) is 0 Å². The molecule has 2 nitrogen and oxygen atoms in total. The van der Waals surface area contributed by atoms with Crippen molar-refractivity contribution in [2.45, 2.75) is 18.7 Å². The van der Waals surface area contributed by atoms with Crippen molar-refractivity contribution in [2.75, 3.05) is 5.32 Å². The van der Waals surface area contributed by atoms with Gasteiger partial charge in [-0.05, 0) is 31.5 Å². The van der Waals surface area contributed by atoms with Crippen molar-refractivity contribution < 1.29 is 9.18 Å². The molecule has 1 aromatic carbocycles. The largest absolute Gasteiger partial charge is 0.323 e. The summed E-state index contributed by atoms with van der Waals surface area (Å²) in [4.78, 5) is 10.9. The van der Waals surface area contributed by atoms with Gasteiger partial charge in [0.25, 0.3) is 0 Å². The maximum atomic E-state index is 13.2. The molecule has 0 aliphatic rings. The van der Waals surface area contributed by atoms with E-state index in [1.807, 2.05) is 0 Å². The molecule has 0 fully saturated rings. The number of nitrogens with one attached hydrogen (secondary N) is 1. The summed E-state index contributed by atoms with van der Waals surface area (Å²) >= 11 is 3.10. The third-order valence-electron chi connectivity index (χ3n) is 1.74. The van der Waals surface area contributed by atoms with E-state index in [2.05, 4.69) is 21.2 Å². The normalized spacial score (nSPS) is 12.3. The molecule has 0 aliphatic heterocycles. The predicted octanol–water partition coefficient (Wildman–Crippen LogP) is 2.86. The summed E-state index contributed by atoms with van der Waals surface area (Å²) in [6.07, 6.45) is 0. The Balaban J connectivity index is 2.82. The number of halogens is 2. The molecule has 0 radical (unpaired) electrons. The molecule has 1 N–H and O–H groups in total. The molecule has 4 heteroatoms. The summed E-state index contributed by atoms with van der Waals surface area (Å²) in [5.74, 6) is -0.667. The number of hydrogen-bond acceptors (Lipinski definition) is 1. The summed E-state index contributed by atoms with van der Waals surface area (Å²) in [6.45, 7) is 3.48. The zero-order valence-electron chi connectivity index (χ0n) is 7.97. The van der Waals surface area contributed by atoms with Gasteiger partial charge in [-0.1, -0.05) is 22.0 Å². The predicted molar refractivity (Wildman–Crippen MR) is 58.2 cm³/mol. The van der Waals surface area contributed by atoms with Gasteiger partial charge in [0.15, 0.2) is 0 Å². The van der Waals surface area contributed by atoms with E-state index < -0.39 is 5.82 Å². The molecule has 1 atom stereocenters. The van der Waals surface area contributed by atoms with Crippen molar-refractivity contribution in [1.82, 2.24) is 0 Å². The number of rotatable bonds is 2. The molecule has 0 saturated heterocycles. The minimum Gasteiger partial charge on any atom is -0.323 e. The first-order valence-corrected chi connectivity index (χ1v) is 5.13. The molecule has 0 saturated carbocycles. The van der Waals surface area contributed by atoms with E-state index in [9.17, 15) is 9.18 Å². The fourth-order valence-corrected chi connectivity index (χ4v) is 1.07. The van der Waals surface area contributed by atoms with Crippen LogP contribution in [0, 0.1) is 12.7 Å². The maximum Gasteiger partial charge on any atom is 0.237 e. The highest BCUT2D eigenvalue weighted by molar-refractivity contribution is 9.10. The SMILES string of the molecule is Cc1ccc(NC(=O)C(C)Br)c(F)c1. The van der Waals surface area contributed by atoms with Gasteiger partial charge in [-0.25, -0.2) is 4.39 Å². The zero-order valence-corrected chi connectivity index (χ0v) is 9.56. The number of benzene rings is 1. The molecule has 1 amide bonds. The number of hydrogen-bond donors (Lipinski definition) is 1. The fourth-order valence-electron chi connectivity index (χ4n) is 0.954. The van der Waals surface area contributed by atoms with Crippen LogP contribution in [0.3, 0.4) is 0 Å². The number of carbonyl (C=O) groups is 1. The lowest BCUT2D eigenvalue weighted by atomic mass is 10.2. The average Bonchev–Trinajstić information content (AvgIpc) is 2.09. The van der Waals surface area contributed by atoms with Crippen molar-refractivity contribution in [1.29, 1.82) is 0 Å². The van der Waals surface area contributed by atoms with Crippen molar-refractivity contribution in [3.63, 3.8) is 0 Å². The Bertz CT molecular complexity index is 352. The molecule has 0 spiro atoms. The van der Waals surface area contributed by atoms with Crippen molar-refractivity contribution >= 4 is 27.5 Å². The molecule has 1 unspecified atom stereocenters. The van der Waals surface area contributed by atoms with E-state index in [-0.39, 0.29) is 16.4 Å². The van der Waals surface area contributed by atoms with Gasteiger partial charge in [0.1, 0.15) is 5.82 Å². The van der Waals surface area contributed by atoms with E-state index in [0.29, 0.717) is 0 Å². The first-order valence-electron chi connectivity index (χ1n) is 4.22. The molecule has 0 aliphatic carbocycles. The van der Waals surface area contributed by atoms with Gasteiger partial charge in [-0.15, -0.1) is 0 Å². The van der Waals surface area contributed by atoms with Gasteiger partial charge in [0.05, 0.1) is 10.5 Å². The summed E-state index contributed by atoms with van der Waals surface area (Å²) in [6, 6.07) is 4.68. The number of amides is 1. The smallest absolute Gasteiger partial charge is 0.237 e. The summed E-state index contributed by atoms with van der Waals surface area (Å²) in [5, 5.41) is 2.48. The lowest BCUT2D eigenvalue weighted by Crippen LogP contribution is -2.20. The molecule has 14 heavy (non-hydrogen) atoms. The summed E-state index contributed by atoms with van der Waals surface area (Å²) < 4.78 is 13.2. The fraction of sp³-hybridized carbons (Fsp3) is 0.300. The maximum absolute atomic E-state index is 13.2. The molecule has 1 aromatic rings. The summed E-state index contributed by atoms with van der Waals surface area (Å²) in [7, 11) is 0. The van der Waals surface area contributed by atoms with Crippen LogP contribution in [-0.2, 0) is 4.79 Å². The second-order valence-corrected chi connectivity index (χ2v) is 4.46. The van der Waals surface area contributed by atoms with Crippen molar-refractivity contribution in [3.05, 3.63) is 29.6 Å². The van der Waals surface area contributed by atoms with Crippen LogP contribution < -0.4 is 5.32 Å². The van der Waals surface area contributed by atoms with E-state index in [1.165, 1.54) is 6.07 Å². The van der Waals surface area contributed by atoms with Crippen LogP contribution in [0.2, 0.25) is 0 Å². The monoisotopic (exact) mass is 259 g/mol. The molecule has 76 valence electrons. The molecule has 1 rings (SSSR count). The van der Waals surface area contributed by atoms with E-state index >= 15 is 0 Å². The molecule has 0 bridgehead atoms. The Hall–Kier alpha value is -0.900. The molecular formula is C10H11BrFNO. The highest BCUT2D eigenvalue weighted by atomic mass is 79.9. The van der Waals surface area contributed by atoms with Crippen LogP contribution in [0.1, 0.15) is 12.5 Å². The zero-order chi connectivity index (χ0) is 10.7. The Labute approximate surface area is 90.6 Å². The Morgan fingerprint density at radius 3 is 2.71 bits per heavy atom. The van der Waals surface area contributed by atoms with Crippen molar-refractivity contribution in [3.8, 4) is 0 Å². The van der Waals surface area contributed by atoms with Crippen molar-refractivity contribution in [2.24, 2.45) is 0 Å². The van der Waals surface area contributed by atoms with Crippen LogP contribution in [-0.4, -0.2) is 10.7 Å². The minimum atomic E-state index is -0.411. The highest BCUT2D eigenvalue weighted by Gasteiger charge is 2.11. The number of alkyl halides is 1. The molecule has 0 aromatic heterocycles. The van der Waals surface area contributed by atoms with Crippen LogP contribution in [0.4, 0.5) is 10.1 Å². The Morgan fingerprint density at radius 2 is 2.21 bits per heavy atom. The topological polar surface area (TPSA) is 29.1 Å². The van der Waals surface area contributed by atoms with Gasteiger partial charge < -0.3 is 5.32 Å². The molecule has 0 heterocycles. The van der Waals surface area contributed by atoms with Crippen LogP contribution in [0.5, 0.6) is 0 Å². The van der Waals surface area contributed by atoms with Gasteiger partial charge in [-0.2, -0.15) is 0 Å². The van der Waals surface area contributed by atoms with Crippen LogP contribution in [0.15, 0.2) is 18.2 Å². The lowest BCUT2D eigenvalue weighted by molar-refractivity contribution is -0.115. The molecular weight excluding hydrogens is 249 g/mol. The third kappa shape index (κ3) is 2.80. The summed E-state index contributed by atoms with van der Waals surface area (Å²) in [5.41, 5.74) is 1.04. The quantitative estimate of drug-likeness (QED) is 0.814. The van der Waals surface area contributed by atoms with Gasteiger partial charge in [0.2, 0.25) is 5.91 Å². The lowest BCUT2D eigenvalue weighted by Gasteiger charge is -2.07. The van der Waals surface area contributed by atoms with E-state index in [1.54, 1.807) is 26.0 Å². The van der Waals surface area contributed by atoms with E-state index in [4.69, 9.17) is 0 Å². The Morgan fingerprint density at radius 1 is 1.57 bits per heavy atom. The second-order valence-electron chi connectivity index (χ2n) is 3.09. The first kappa shape index (κ1) is 11.2. The second kappa shape index (κ2) is 4.55. The number of aryl methyl sites for hydroxylation is 1. The van der Waals surface area contributed by atoms with E-state index in [0.717, 1.165) is 5.56 Å². The standard InChI is InChI=1S/C10H11BrFNO/c1-6-3-4-9(8(12)5-6)13-10(14)7(2)11/h3-5,7H,1-2H3,(H,13,14). The van der Waals surface area contributed by atoms with Crippen LogP contribution in [0.25, 0.3) is 0 Å². The Kier molecular flexibility index (Phi) is 3.63. The number of carbonyl (C=O) groups excluding carboxylic acids is 1. The van der Waals surface area contributed by atoms with Crippen LogP contribution >= 0.6 is 15.9 Å². The van der Waals surface area contributed by atoms with Gasteiger partial charge >= 0.3 is 0 Å². The third-order valence-corrected chi connectivity index (χ3v) is 2.16. The first-order chi connectivity index (χ1) is 6.50. The average molecular weight is 260 g/mol. The van der Waals surface area contributed by atoms with Gasteiger partial charge in [-0.3, -0.25) is 4.79 Å². The minimum absolute atomic E-state index is 0.215. The highest BCUT2D eigenvalue weighted by Crippen LogP contribution is 2.16.